The number of hydrogen-bond donors (Lipinski definition) is 0. The van der Waals surface area contributed by atoms with E-state index in [1.807, 2.05) is 41.1 Å². The van der Waals surface area contributed by atoms with Crippen LogP contribution in [-0.4, -0.2) is 30.3 Å². The molecule has 10 nitrogen and oxygen atoms in total. The largest absolute Gasteiger partial charge is 0.453 e. The van der Waals surface area contributed by atoms with Crippen LogP contribution < -0.4 is 5.56 Å². The van der Waals surface area contributed by atoms with E-state index in [4.69, 9.17) is 21.0 Å². The summed E-state index contributed by atoms with van der Waals surface area (Å²) in [7, 11) is 0. The highest BCUT2D eigenvalue weighted by atomic mass is 35.5. The molecule has 198 valence electrons. The van der Waals surface area contributed by atoms with E-state index in [2.05, 4.69) is 10.1 Å². The third-order valence-electron chi connectivity index (χ3n) is 6.70. The van der Waals surface area contributed by atoms with Crippen molar-refractivity contribution in [2.75, 3.05) is 0 Å². The number of furan rings is 1. The summed E-state index contributed by atoms with van der Waals surface area (Å²) in [6.07, 6.45) is 4.60. The van der Waals surface area contributed by atoms with Crippen molar-refractivity contribution in [2.24, 2.45) is 5.10 Å². The van der Waals surface area contributed by atoms with Crippen LogP contribution in [0.1, 0.15) is 5.56 Å². The number of aromatic nitrogens is 4. The standard InChI is InChI=1S/C30H17ClN6O4/c31-20-9-11-26-18(13-20)14-27(41-26)29-34-24-7-3-1-6-23(24)30(38)36(29)33-15-19-17-35(25-8-4-2-5-22(19)25)28-12-10-21(16-32-28)37(39)40/h1-17H. The third kappa shape index (κ3) is 4.23. The van der Waals surface area contributed by atoms with E-state index in [0.717, 1.165) is 16.3 Å². The van der Waals surface area contributed by atoms with Gasteiger partial charge in [-0.2, -0.15) is 9.78 Å². The van der Waals surface area contributed by atoms with Gasteiger partial charge in [-0.1, -0.05) is 41.9 Å². The van der Waals surface area contributed by atoms with Crippen LogP contribution in [-0.2, 0) is 0 Å². The zero-order valence-electron chi connectivity index (χ0n) is 21.0. The van der Waals surface area contributed by atoms with E-state index in [0.29, 0.717) is 38.7 Å². The molecule has 0 saturated heterocycles. The van der Waals surface area contributed by atoms with Crippen molar-refractivity contribution in [3.8, 4) is 17.4 Å². The molecule has 0 aliphatic heterocycles. The highest BCUT2D eigenvalue weighted by molar-refractivity contribution is 6.31. The quantitative estimate of drug-likeness (QED) is 0.133. The van der Waals surface area contributed by atoms with E-state index in [1.165, 1.54) is 16.9 Å². The van der Waals surface area contributed by atoms with Gasteiger partial charge in [0.1, 0.15) is 17.6 Å². The van der Waals surface area contributed by atoms with E-state index < -0.39 is 4.92 Å². The fourth-order valence-corrected chi connectivity index (χ4v) is 4.94. The second kappa shape index (κ2) is 9.54. The molecular formula is C30H17ClN6O4. The molecule has 0 atom stereocenters. The van der Waals surface area contributed by atoms with Gasteiger partial charge < -0.3 is 8.98 Å². The zero-order valence-corrected chi connectivity index (χ0v) is 21.8. The fraction of sp³-hybridized carbons (Fsp3) is 0. The Hall–Kier alpha value is -5.61. The Morgan fingerprint density at radius 3 is 2.59 bits per heavy atom. The number of nitro groups is 1. The van der Waals surface area contributed by atoms with Crippen molar-refractivity contribution in [2.45, 2.75) is 0 Å². The number of benzene rings is 3. The minimum Gasteiger partial charge on any atom is -0.453 e. The summed E-state index contributed by atoms with van der Waals surface area (Å²) in [5, 5.41) is 18.3. The highest BCUT2D eigenvalue weighted by Crippen LogP contribution is 2.29. The van der Waals surface area contributed by atoms with Crippen molar-refractivity contribution < 1.29 is 9.34 Å². The second-order valence-corrected chi connectivity index (χ2v) is 9.65. The van der Waals surface area contributed by atoms with Gasteiger partial charge in [-0.15, -0.1) is 0 Å². The molecule has 7 rings (SSSR count). The Balaban J connectivity index is 1.39. The van der Waals surface area contributed by atoms with E-state index in [1.54, 1.807) is 54.7 Å². The molecule has 0 saturated carbocycles. The summed E-state index contributed by atoms with van der Waals surface area (Å²) in [6.45, 7) is 0. The first-order valence-corrected chi connectivity index (χ1v) is 12.8. The molecule has 0 aliphatic rings. The summed E-state index contributed by atoms with van der Waals surface area (Å²) < 4.78 is 9.08. The average molecular weight is 561 g/mol. The molecule has 3 aromatic carbocycles. The molecule has 4 aromatic heterocycles. The molecule has 0 radical (unpaired) electrons. The Bertz CT molecular complexity index is 2230. The van der Waals surface area contributed by atoms with Crippen LogP contribution in [0, 0.1) is 10.1 Å². The SMILES string of the molecule is O=c1c2ccccc2nc(-c2cc3cc(Cl)ccc3o2)n1N=Cc1cn(-c2ccc([N+](=O)[O-])cn2)c2ccccc12. The number of halogens is 1. The Morgan fingerprint density at radius 1 is 0.976 bits per heavy atom. The van der Waals surface area contributed by atoms with Gasteiger partial charge in [-0.05, 0) is 48.5 Å². The summed E-state index contributed by atoms with van der Waals surface area (Å²) in [5.74, 6) is 1.09. The number of hydrogen-bond acceptors (Lipinski definition) is 7. The predicted octanol–water partition coefficient (Wildman–Crippen LogP) is 6.59. The van der Waals surface area contributed by atoms with Crippen LogP contribution in [0.5, 0.6) is 0 Å². The van der Waals surface area contributed by atoms with Gasteiger partial charge in [0.2, 0.25) is 5.82 Å². The number of pyridine rings is 1. The summed E-state index contributed by atoms with van der Waals surface area (Å²) in [6, 6.07) is 24.7. The zero-order chi connectivity index (χ0) is 28.1. The maximum Gasteiger partial charge on any atom is 0.287 e. The van der Waals surface area contributed by atoms with Crippen molar-refractivity contribution in [1.29, 1.82) is 0 Å². The highest BCUT2D eigenvalue weighted by Gasteiger charge is 2.17. The van der Waals surface area contributed by atoms with Crippen LogP contribution in [0.3, 0.4) is 0 Å². The van der Waals surface area contributed by atoms with Crippen molar-refractivity contribution >= 4 is 56.3 Å². The normalized spacial score (nSPS) is 11.7. The smallest absolute Gasteiger partial charge is 0.287 e. The third-order valence-corrected chi connectivity index (χ3v) is 6.93. The molecule has 7 aromatic rings. The molecular weight excluding hydrogens is 544 g/mol. The van der Waals surface area contributed by atoms with Gasteiger partial charge in [0, 0.05) is 33.6 Å². The molecule has 41 heavy (non-hydrogen) atoms. The molecule has 0 spiro atoms. The van der Waals surface area contributed by atoms with Gasteiger partial charge in [-0.25, -0.2) is 9.97 Å². The van der Waals surface area contributed by atoms with Crippen LogP contribution >= 0.6 is 11.6 Å². The van der Waals surface area contributed by atoms with Crippen molar-refractivity contribution in [1.82, 2.24) is 19.2 Å². The maximum atomic E-state index is 13.7. The summed E-state index contributed by atoms with van der Waals surface area (Å²) in [4.78, 5) is 33.3. The van der Waals surface area contributed by atoms with Crippen LogP contribution in [0.25, 0.3) is 50.2 Å². The summed E-state index contributed by atoms with van der Waals surface area (Å²) in [5.41, 5.74) is 2.16. The van der Waals surface area contributed by atoms with Crippen LogP contribution in [0.15, 0.2) is 112 Å². The Labute approximate surface area is 235 Å². The Morgan fingerprint density at radius 2 is 1.78 bits per heavy atom. The first-order valence-electron chi connectivity index (χ1n) is 12.4. The minimum atomic E-state index is -0.494. The Kier molecular flexibility index (Phi) is 5.69. The van der Waals surface area contributed by atoms with Crippen LogP contribution in [0.4, 0.5) is 5.69 Å². The summed E-state index contributed by atoms with van der Waals surface area (Å²) >= 11 is 6.17. The molecule has 0 unspecified atom stereocenters. The fourth-order valence-electron chi connectivity index (χ4n) is 4.76. The van der Waals surface area contributed by atoms with Gasteiger partial charge in [-0.3, -0.25) is 14.9 Å². The van der Waals surface area contributed by atoms with Gasteiger partial charge in [0.15, 0.2) is 5.76 Å². The second-order valence-electron chi connectivity index (χ2n) is 9.21. The molecule has 4 heterocycles. The first kappa shape index (κ1) is 24.4. The number of rotatable bonds is 5. The molecule has 0 amide bonds. The van der Waals surface area contributed by atoms with Crippen molar-refractivity contribution in [3.63, 3.8) is 0 Å². The lowest BCUT2D eigenvalue weighted by molar-refractivity contribution is -0.385. The molecule has 0 fully saturated rings. The predicted molar refractivity (Wildman–Crippen MR) is 157 cm³/mol. The van der Waals surface area contributed by atoms with Gasteiger partial charge in [0.05, 0.1) is 27.6 Å². The number of fused-ring (bicyclic) bond motifs is 3. The van der Waals surface area contributed by atoms with E-state index >= 15 is 0 Å². The van der Waals surface area contributed by atoms with Crippen molar-refractivity contribution in [3.05, 3.63) is 128 Å². The topological polar surface area (TPSA) is 121 Å². The maximum absolute atomic E-state index is 13.7. The molecule has 11 heteroatoms. The minimum absolute atomic E-state index is 0.101. The first-order chi connectivity index (χ1) is 20.0. The molecule has 0 bridgehead atoms. The van der Waals surface area contributed by atoms with Gasteiger partial charge >= 0.3 is 0 Å². The van der Waals surface area contributed by atoms with Gasteiger partial charge in [0.25, 0.3) is 11.2 Å². The lowest BCUT2D eigenvalue weighted by atomic mass is 10.2. The number of nitrogens with zero attached hydrogens (tertiary/aromatic N) is 6. The molecule has 0 N–H and O–H groups in total. The van der Waals surface area contributed by atoms with E-state index in [-0.39, 0.29) is 17.1 Å². The molecule has 0 aliphatic carbocycles. The van der Waals surface area contributed by atoms with E-state index in [9.17, 15) is 14.9 Å². The number of para-hydroxylation sites is 2. The lowest BCUT2D eigenvalue weighted by Gasteiger charge is -2.07. The monoisotopic (exact) mass is 560 g/mol. The lowest BCUT2D eigenvalue weighted by Crippen LogP contribution is -2.20. The average Bonchev–Trinajstić information content (AvgIpc) is 3.58. The van der Waals surface area contributed by atoms with Crippen LogP contribution in [0.2, 0.25) is 5.02 Å².